The minimum atomic E-state index is 0.299. The highest BCUT2D eigenvalue weighted by Crippen LogP contribution is 2.50. The van der Waals surface area contributed by atoms with Gasteiger partial charge in [-0.25, -0.2) is 0 Å². The molecule has 9 aromatic carbocycles. The second kappa shape index (κ2) is 12.8. The van der Waals surface area contributed by atoms with Crippen LogP contribution in [0.1, 0.15) is 11.1 Å². The van der Waals surface area contributed by atoms with Gasteiger partial charge in [0.1, 0.15) is 34.5 Å². The zero-order chi connectivity index (χ0) is 41.1. The largest absolute Gasteiger partial charge is 0.456 e. The summed E-state index contributed by atoms with van der Waals surface area (Å²) >= 11 is 0. The molecule has 13 aromatic rings. The molecule has 4 heterocycles. The monoisotopic (exact) mass is 790 g/mol. The topological polar surface area (TPSA) is 83.7 Å². The lowest BCUT2D eigenvalue weighted by atomic mass is 9.86. The van der Waals surface area contributed by atoms with Crippen LogP contribution < -0.4 is 0 Å². The van der Waals surface area contributed by atoms with E-state index in [1.54, 1.807) is 0 Å². The van der Waals surface area contributed by atoms with Crippen LogP contribution in [0.15, 0.2) is 191 Å². The maximum absolute atomic E-state index is 11.4. The molecule has 0 spiro atoms. The number of aromatic nitrogens is 2. The Morgan fingerprint density at radius 2 is 0.855 bits per heavy atom. The predicted molar refractivity (Wildman–Crippen MR) is 250 cm³/mol. The average Bonchev–Trinajstić information content (AvgIpc) is 4.08. The zero-order valence-electron chi connectivity index (χ0n) is 32.9. The minimum Gasteiger partial charge on any atom is -0.456 e. The van der Waals surface area contributed by atoms with Crippen molar-refractivity contribution in [2.75, 3.05) is 0 Å². The van der Waals surface area contributed by atoms with E-state index in [0.29, 0.717) is 22.3 Å². The lowest BCUT2D eigenvalue weighted by Crippen LogP contribution is -2.11. The van der Waals surface area contributed by atoms with E-state index in [-0.39, 0.29) is 0 Å². The number of hydrogen-bond acceptors (Lipinski definition) is 4. The van der Waals surface area contributed by atoms with Gasteiger partial charge in [0.15, 0.2) is 0 Å². The van der Waals surface area contributed by atoms with Crippen LogP contribution in [-0.4, -0.2) is 9.13 Å². The van der Waals surface area contributed by atoms with Crippen LogP contribution in [0.3, 0.4) is 0 Å². The van der Waals surface area contributed by atoms with Gasteiger partial charge < -0.3 is 18.0 Å². The highest BCUT2D eigenvalue weighted by molar-refractivity contribution is 6.25. The Morgan fingerprint density at radius 1 is 0.355 bits per heavy atom. The van der Waals surface area contributed by atoms with Crippen molar-refractivity contribution in [2.24, 2.45) is 0 Å². The summed E-state index contributed by atoms with van der Waals surface area (Å²) < 4.78 is 18.0. The second-order valence-electron chi connectivity index (χ2n) is 15.8. The van der Waals surface area contributed by atoms with E-state index in [2.05, 4.69) is 106 Å². The molecule has 0 bridgehead atoms. The lowest BCUT2D eigenvalue weighted by Gasteiger charge is -2.26. The molecule has 0 N–H and O–H groups in total. The summed E-state index contributed by atoms with van der Waals surface area (Å²) in [7, 11) is 0. The first-order chi connectivity index (χ1) is 30.7. The summed E-state index contributed by atoms with van der Waals surface area (Å²) in [6.07, 6.45) is 0. The van der Waals surface area contributed by atoms with Gasteiger partial charge in [0.05, 0.1) is 50.0 Å². The number of nitrogens with zero attached hydrogens (tertiary/aromatic N) is 4. The van der Waals surface area contributed by atoms with Crippen molar-refractivity contribution in [1.82, 2.24) is 9.13 Å². The average molecular weight is 791 g/mol. The molecule has 0 aliphatic rings. The van der Waals surface area contributed by atoms with Crippen molar-refractivity contribution in [3.8, 4) is 45.8 Å². The van der Waals surface area contributed by atoms with Crippen LogP contribution in [0.25, 0.3) is 121 Å². The fourth-order valence-corrected chi connectivity index (χ4v) is 10.1. The molecule has 4 aromatic heterocycles. The number of furan rings is 2. The van der Waals surface area contributed by atoms with E-state index in [4.69, 9.17) is 8.83 Å². The van der Waals surface area contributed by atoms with E-state index in [0.717, 1.165) is 110 Å². The predicted octanol–water partition coefficient (Wildman–Crippen LogP) is 14.8. The summed E-state index contributed by atoms with van der Waals surface area (Å²) in [5.41, 5.74) is 11.9. The van der Waals surface area contributed by atoms with Gasteiger partial charge in [0, 0.05) is 54.9 Å². The standard InChI is InChI=1S/C56H30N4O2/c57-31-42-43(32-58)52(34-17-5-2-6-18-34)55(60-44-23-11-7-19-35(44)40-29-41-37-21-10-13-25-48(37)61-50(41)30-47(40)60)54(51(42)33-15-3-1-4-16-33)59-45-24-12-8-22-39(45)53-46(59)28-27-38-36-20-9-14-26-49(36)62-56(38)53/h1-30H. The van der Waals surface area contributed by atoms with E-state index in [1.807, 2.05) is 97.1 Å². The summed E-state index contributed by atoms with van der Waals surface area (Å²) in [5.74, 6) is 0. The normalized spacial score (nSPS) is 11.8. The number of hydrogen-bond donors (Lipinski definition) is 0. The zero-order valence-corrected chi connectivity index (χ0v) is 32.9. The van der Waals surface area contributed by atoms with Gasteiger partial charge in [-0.05, 0) is 53.6 Å². The Bertz CT molecular complexity index is 4020. The van der Waals surface area contributed by atoms with Crippen molar-refractivity contribution in [3.63, 3.8) is 0 Å². The first kappa shape index (κ1) is 34.1. The molecule has 0 fully saturated rings. The molecule has 6 nitrogen and oxygen atoms in total. The smallest absolute Gasteiger partial charge is 0.145 e. The molecule has 6 heteroatoms. The maximum Gasteiger partial charge on any atom is 0.145 e. The van der Waals surface area contributed by atoms with Crippen LogP contribution in [0, 0.1) is 22.7 Å². The highest BCUT2D eigenvalue weighted by atomic mass is 16.3. The third-order valence-electron chi connectivity index (χ3n) is 12.6. The lowest BCUT2D eigenvalue weighted by molar-refractivity contribution is 0.669. The van der Waals surface area contributed by atoms with Crippen LogP contribution in [0.4, 0.5) is 0 Å². The van der Waals surface area contributed by atoms with Gasteiger partial charge in [0.2, 0.25) is 0 Å². The van der Waals surface area contributed by atoms with Gasteiger partial charge in [-0.3, -0.25) is 0 Å². The number of nitriles is 2. The number of benzene rings is 9. The van der Waals surface area contributed by atoms with Gasteiger partial charge >= 0.3 is 0 Å². The van der Waals surface area contributed by atoms with Gasteiger partial charge in [0.25, 0.3) is 0 Å². The molecular formula is C56H30N4O2. The molecule has 0 aliphatic heterocycles. The molecule has 0 unspecified atom stereocenters. The third kappa shape index (κ3) is 4.55. The molecule has 0 radical (unpaired) electrons. The molecule has 62 heavy (non-hydrogen) atoms. The molecule has 0 atom stereocenters. The van der Waals surface area contributed by atoms with Gasteiger partial charge in [-0.1, -0.05) is 133 Å². The number of fused-ring (bicyclic) bond motifs is 13. The maximum atomic E-state index is 11.4. The minimum absolute atomic E-state index is 0.299. The van der Waals surface area contributed by atoms with Crippen LogP contribution in [0.2, 0.25) is 0 Å². The van der Waals surface area contributed by atoms with E-state index in [1.165, 1.54) is 0 Å². The first-order valence-electron chi connectivity index (χ1n) is 20.6. The number of rotatable bonds is 4. The van der Waals surface area contributed by atoms with Gasteiger partial charge in [-0.15, -0.1) is 0 Å². The molecule has 0 saturated heterocycles. The molecule has 0 saturated carbocycles. The van der Waals surface area contributed by atoms with Crippen molar-refractivity contribution in [3.05, 3.63) is 193 Å². The summed E-state index contributed by atoms with van der Waals surface area (Å²) in [6, 6.07) is 67.0. The van der Waals surface area contributed by atoms with Crippen LogP contribution in [0.5, 0.6) is 0 Å². The van der Waals surface area contributed by atoms with Crippen molar-refractivity contribution < 1.29 is 8.83 Å². The fraction of sp³-hybridized carbons (Fsp3) is 0. The van der Waals surface area contributed by atoms with Crippen molar-refractivity contribution >= 4 is 87.5 Å². The van der Waals surface area contributed by atoms with Crippen molar-refractivity contribution in [1.29, 1.82) is 10.5 Å². The quantitative estimate of drug-likeness (QED) is 0.178. The number of para-hydroxylation sites is 4. The molecule has 0 aliphatic carbocycles. The highest BCUT2D eigenvalue weighted by Gasteiger charge is 2.32. The molecule has 286 valence electrons. The molecule has 0 amide bonds. The SMILES string of the molecule is N#Cc1c(C#N)c(-c2ccccc2)c(-n2c3ccccc3c3c4oc5ccccc5c4ccc32)c(-n2c3ccccc3c3cc4c(cc32)oc2ccccc24)c1-c1ccccc1. The molecule has 13 rings (SSSR count). The van der Waals surface area contributed by atoms with Crippen molar-refractivity contribution in [2.45, 2.75) is 0 Å². The first-order valence-corrected chi connectivity index (χ1v) is 20.6. The molecular weight excluding hydrogens is 761 g/mol. The Hall–Kier alpha value is -8.84. The Balaban J connectivity index is 1.33. The van der Waals surface area contributed by atoms with Crippen LogP contribution >= 0.6 is 0 Å². The Labute approximate surface area is 353 Å². The summed E-state index contributed by atoms with van der Waals surface area (Å²) in [6.45, 7) is 0. The Morgan fingerprint density at radius 3 is 1.48 bits per heavy atom. The van der Waals surface area contributed by atoms with E-state index >= 15 is 0 Å². The van der Waals surface area contributed by atoms with Crippen LogP contribution in [-0.2, 0) is 0 Å². The van der Waals surface area contributed by atoms with Gasteiger partial charge in [-0.2, -0.15) is 10.5 Å². The van der Waals surface area contributed by atoms with E-state index in [9.17, 15) is 10.5 Å². The summed E-state index contributed by atoms with van der Waals surface area (Å²) in [5, 5.41) is 31.1. The second-order valence-corrected chi connectivity index (χ2v) is 15.8. The fourth-order valence-electron chi connectivity index (χ4n) is 10.1. The Kier molecular flexibility index (Phi) is 7.05. The summed E-state index contributed by atoms with van der Waals surface area (Å²) in [4.78, 5) is 0. The third-order valence-corrected chi connectivity index (χ3v) is 12.6. The van der Waals surface area contributed by atoms with E-state index < -0.39 is 0 Å².